The number of carbonyl (C=O) groups excluding carboxylic acids is 1. The maximum atomic E-state index is 12.3. The number of rotatable bonds is 15. The van der Waals surface area contributed by atoms with E-state index in [0.717, 1.165) is 18.8 Å². The number of aliphatic carboxylic acids is 1. The van der Waals surface area contributed by atoms with Crippen LogP contribution in [0.1, 0.15) is 104 Å². The molecule has 3 unspecified atom stereocenters. The summed E-state index contributed by atoms with van der Waals surface area (Å²) in [6.07, 6.45) is 18.3. The average Bonchev–Trinajstić information content (AvgIpc) is 2.65. The fourth-order valence-corrected chi connectivity index (χ4v) is 3.91. The van der Waals surface area contributed by atoms with Crippen molar-refractivity contribution < 1.29 is 19.4 Å². The Hall–Kier alpha value is -1.32. The molecule has 0 aromatic heterocycles. The van der Waals surface area contributed by atoms with Gasteiger partial charge in [0.25, 0.3) is 0 Å². The Balaban J connectivity index is 2.03. The molecule has 0 aromatic rings. The zero-order chi connectivity index (χ0) is 20.8. The minimum absolute atomic E-state index is 0.131. The zero-order valence-corrected chi connectivity index (χ0v) is 18.3. The summed E-state index contributed by atoms with van der Waals surface area (Å²) >= 11 is 0. The molecule has 0 saturated heterocycles. The second kappa shape index (κ2) is 14.6. The van der Waals surface area contributed by atoms with Crippen molar-refractivity contribution in [3.63, 3.8) is 0 Å². The summed E-state index contributed by atoms with van der Waals surface area (Å²) < 4.78 is 5.53. The van der Waals surface area contributed by atoms with Gasteiger partial charge in [-0.25, -0.2) is 0 Å². The lowest BCUT2D eigenvalue weighted by Gasteiger charge is -2.25. The molecule has 0 aliphatic heterocycles. The number of allylic oxidation sites excluding steroid dienone is 2. The van der Waals surface area contributed by atoms with Crippen molar-refractivity contribution >= 4 is 11.9 Å². The van der Waals surface area contributed by atoms with Gasteiger partial charge in [0.2, 0.25) is 0 Å². The molecule has 0 bridgehead atoms. The molecule has 1 rings (SSSR count). The van der Waals surface area contributed by atoms with Crippen molar-refractivity contribution in [1.82, 2.24) is 0 Å². The highest BCUT2D eigenvalue weighted by molar-refractivity contribution is 5.81. The van der Waals surface area contributed by atoms with Gasteiger partial charge in [0.1, 0.15) is 0 Å². The first-order chi connectivity index (χ1) is 13.4. The Bertz CT molecular complexity index is 469. The molecule has 4 heteroatoms. The maximum absolute atomic E-state index is 12.3. The molecular weight excluding hydrogens is 352 g/mol. The van der Waals surface area contributed by atoms with E-state index < -0.39 is 17.8 Å². The second-order valence-electron chi connectivity index (χ2n) is 8.89. The van der Waals surface area contributed by atoms with E-state index in [4.69, 9.17) is 4.74 Å². The monoisotopic (exact) mass is 394 g/mol. The molecule has 1 aliphatic carbocycles. The maximum Gasteiger partial charge on any atom is 0.310 e. The molecule has 1 N–H and O–H groups in total. The van der Waals surface area contributed by atoms with Crippen molar-refractivity contribution in [2.45, 2.75) is 110 Å². The molecule has 0 fully saturated rings. The molecule has 1 aliphatic rings. The van der Waals surface area contributed by atoms with E-state index in [-0.39, 0.29) is 12.1 Å². The highest BCUT2D eigenvalue weighted by Gasteiger charge is 2.35. The topological polar surface area (TPSA) is 63.6 Å². The van der Waals surface area contributed by atoms with Crippen LogP contribution < -0.4 is 0 Å². The van der Waals surface area contributed by atoms with Gasteiger partial charge in [0, 0.05) is 0 Å². The lowest BCUT2D eigenvalue weighted by Crippen LogP contribution is -2.33. The Kier molecular flexibility index (Phi) is 12.9. The molecular formula is C24H42O4. The predicted molar refractivity (Wildman–Crippen MR) is 114 cm³/mol. The summed E-state index contributed by atoms with van der Waals surface area (Å²) in [7, 11) is 0. The smallest absolute Gasteiger partial charge is 0.310 e. The summed E-state index contributed by atoms with van der Waals surface area (Å²) in [6, 6.07) is 0. The lowest BCUT2D eigenvalue weighted by molar-refractivity contribution is -0.161. The number of hydrogen-bond donors (Lipinski definition) is 1. The summed E-state index contributed by atoms with van der Waals surface area (Å²) in [4.78, 5) is 23.6. The van der Waals surface area contributed by atoms with E-state index in [9.17, 15) is 14.7 Å². The first-order valence-corrected chi connectivity index (χ1v) is 11.5. The van der Waals surface area contributed by atoms with Crippen LogP contribution in [-0.2, 0) is 14.3 Å². The van der Waals surface area contributed by atoms with Gasteiger partial charge < -0.3 is 9.84 Å². The Morgan fingerprint density at radius 2 is 1.29 bits per heavy atom. The predicted octanol–water partition coefficient (Wildman–Crippen LogP) is 6.53. The van der Waals surface area contributed by atoms with Gasteiger partial charge in [-0.2, -0.15) is 0 Å². The van der Waals surface area contributed by atoms with Gasteiger partial charge in [-0.15, -0.1) is 0 Å². The third-order valence-corrected chi connectivity index (χ3v) is 5.76. The molecule has 0 radical (unpaired) electrons. The molecule has 0 heterocycles. The van der Waals surface area contributed by atoms with Crippen LogP contribution in [-0.4, -0.2) is 23.1 Å². The number of esters is 1. The lowest BCUT2D eigenvalue weighted by atomic mass is 9.83. The van der Waals surface area contributed by atoms with E-state index in [1.165, 1.54) is 57.8 Å². The van der Waals surface area contributed by atoms with Gasteiger partial charge in [0.15, 0.2) is 0 Å². The number of carboxylic acid groups (broad SMARTS) is 1. The molecule has 4 nitrogen and oxygen atoms in total. The van der Waals surface area contributed by atoms with Gasteiger partial charge in [-0.05, 0) is 38.5 Å². The van der Waals surface area contributed by atoms with E-state index in [1.807, 2.05) is 19.1 Å². The third kappa shape index (κ3) is 10.9. The SMILES string of the molecule is CC(C)CCCCCCCCCCCC(C)OC(=O)C1CC=CCC1C(=O)O. The molecule has 0 aromatic carbocycles. The second-order valence-corrected chi connectivity index (χ2v) is 8.89. The van der Waals surface area contributed by atoms with Gasteiger partial charge in [-0.3, -0.25) is 9.59 Å². The number of hydrogen-bond acceptors (Lipinski definition) is 3. The van der Waals surface area contributed by atoms with Crippen LogP contribution in [0.5, 0.6) is 0 Å². The molecule has 0 saturated carbocycles. The summed E-state index contributed by atoms with van der Waals surface area (Å²) in [5.74, 6) is -1.60. The summed E-state index contributed by atoms with van der Waals surface area (Å²) in [5, 5.41) is 9.28. The first-order valence-electron chi connectivity index (χ1n) is 11.5. The van der Waals surface area contributed by atoms with Crippen molar-refractivity contribution in [2.75, 3.05) is 0 Å². The Labute approximate surface area is 172 Å². The average molecular weight is 395 g/mol. The normalized spacial score (nSPS) is 20.3. The molecule has 28 heavy (non-hydrogen) atoms. The minimum Gasteiger partial charge on any atom is -0.481 e. The van der Waals surface area contributed by atoms with Crippen molar-refractivity contribution in [1.29, 1.82) is 0 Å². The highest BCUT2D eigenvalue weighted by Crippen LogP contribution is 2.27. The first kappa shape index (κ1) is 24.7. The van der Waals surface area contributed by atoms with Gasteiger partial charge >= 0.3 is 11.9 Å². The quantitative estimate of drug-likeness (QED) is 0.195. The van der Waals surface area contributed by atoms with Crippen molar-refractivity contribution in [2.24, 2.45) is 17.8 Å². The zero-order valence-electron chi connectivity index (χ0n) is 18.3. The number of unbranched alkanes of at least 4 members (excludes halogenated alkanes) is 8. The number of carboxylic acids is 1. The van der Waals surface area contributed by atoms with Crippen LogP contribution in [0.2, 0.25) is 0 Å². The van der Waals surface area contributed by atoms with Crippen molar-refractivity contribution in [3.8, 4) is 0 Å². The Morgan fingerprint density at radius 3 is 1.79 bits per heavy atom. The fourth-order valence-electron chi connectivity index (χ4n) is 3.91. The van der Waals surface area contributed by atoms with Crippen LogP contribution in [0.4, 0.5) is 0 Å². The fraction of sp³-hybridized carbons (Fsp3) is 0.833. The number of ether oxygens (including phenoxy) is 1. The van der Waals surface area contributed by atoms with Crippen LogP contribution in [0.3, 0.4) is 0 Å². The molecule has 3 atom stereocenters. The summed E-state index contributed by atoms with van der Waals surface area (Å²) in [6.45, 7) is 6.51. The van der Waals surface area contributed by atoms with Crippen LogP contribution in [0, 0.1) is 17.8 Å². The van der Waals surface area contributed by atoms with Crippen LogP contribution in [0.25, 0.3) is 0 Å². The third-order valence-electron chi connectivity index (χ3n) is 5.76. The molecule has 162 valence electrons. The molecule has 0 amide bonds. The Morgan fingerprint density at radius 1 is 0.821 bits per heavy atom. The van der Waals surface area contributed by atoms with E-state index in [0.29, 0.717) is 12.8 Å². The molecule has 0 spiro atoms. The van der Waals surface area contributed by atoms with Gasteiger partial charge in [0.05, 0.1) is 17.9 Å². The van der Waals surface area contributed by atoms with Gasteiger partial charge in [-0.1, -0.05) is 83.8 Å². The van der Waals surface area contributed by atoms with Crippen LogP contribution >= 0.6 is 0 Å². The van der Waals surface area contributed by atoms with E-state index in [1.54, 1.807) is 0 Å². The standard InChI is InChI=1S/C24H42O4/c1-19(2)15-11-9-7-5-4-6-8-10-12-16-20(3)28-24(27)22-18-14-13-17-21(22)23(25)26/h13-14,19-22H,4-12,15-18H2,1-3H3,(H,25,26). The van der Waals surface area contributed by atoms with Crippen LogP contribution in [0.15, 0.2) is 12.2 Å². The van der Waals surface area contributed by atoms with Crippen molar-refractivity contribution in [3.05, 3.63) is 12.2 Å². The summed E-state index contributed by atoms with van der Waals surface area (Å²) in [5.41, 5.74) is 0. The number of carbonyl (C=O) groups is 2. The van der Waals surface area contributed by atoms with E-state index in [2.05, 4.69) is 13.8 Å². The highest BCUT2D eigenvalue weighted by atomic mass is 16.5. The largest absolute Gasteiger partial charge is 0.481 e. The van der Waals surface area contributed by atoms with E-state index >= 15 is 0 Å². The minimum atomic E-state index is -0.904.